The summed E-state index contributed by atoms with van der Waals surface area (Å²) in [6, 6.07) is 4.01. The highest BCUT2D eigenvalue weighted by atomic mass is 19.1. The molecule has 17 heavy (non-hydrogen) atoms. The molecule has 0 spiro atoms. The second-order valence-electron chi connectivity index (χ2n) is 3.17. The normalized spacial score (nSPS) is 10.8. The van der Waals surface area contributed by atoms with E-state index >= 15 is 0 Å². The third-order valence-electron chi connectivity index (χ3n) is 2.01. The highest BCUT2D eigenvalue weighted by molar-refractivity contribution is 6.45. The second kappa shape index (κ2) is 4.94. The van der Waals surface area contributed by atoms with Gasteiger partial charge in [-0.1, -0.05) is 0 Å². The van der Waals surface area contributed by atoms with Crippen molar-refractivity contribution < 1.29 is 9.50 Å². The molecule has 0 unspecified atom stereocenters. The molecule has 0 saturated carbocycles. The predicted octanol–water partition coefficient (Wildman–Crippen LogP) is 1.07. The fourth-order valence-corrected chi connectivity index (χ4v) is 1.03. The molecule has 0 saturated heterocycles. The molecule has 88 valence electrons. The number of amidine groups is 1. The summed E-state index contributed by atoms with van der Waals surface area (Å²) in [5, 5.41) is 28.7. The van der Waals surface area contributed by atoms with Gasteiger partial charge >= 0.3 is 0 Å². The van der Waals surface area contributed by atoms with Gasteiger partial charge in [-0.05, 0) is 19.1 Å². The van der Waals surface area contributed by atoms with E-state index < -0.39 is 11.7 Å². The van der Waals surface area contributed by atoms with E-state index in [4.69, 9.17) is 16.4 Å². The van der Waals surface area contributed by atoms with Gasteiger partial charge in [0.1, 0.15) is 17.6 Å². The van der Waals surface area contributed by atoms with Crippen LogP contribution in [0.4, 0.5) is 10.1 Å². The molecular weight excluding hydrogens is 225 g/mol. The Bertz CT molecular complexity index is 532. The molecule has 7 heteroatoms. The second-order valence-corrected chi connectivity index (χ2v) is 3.17. The maximum Gasteiger partial charge on any atom is 0.201 e. The first-order chi connectivity index (χ1) is 7.97. The number of nitrogens with zero attached hydrogens (tertiary/aromatic N) is 2. The minimum atomic E-state index is -0.552. The first-order valence-electron chi connectivity index (χ1n) is 4.53. The Hall–Kier alpha value is -2.62. The first kappa shape index (κ1) is 12.4. The summed E-state index contributed by atoms with van der Waals surface area (Å²) in [7, 11) is 0. The third kappa shape index (κ3) is 2.69. The maximum atomic E-state index is 13.0. The lowest BCUT2D eigenvalue weighted by atomic mass is 10.2. The Balaban J connectivity index is 3.02. The SMILES string of the molecule is Cc1c(F)ccc(N/N=C(\C#N)C(=N)N)c1O. The largest absolute Gasteiger partial charge is 0.505 e. The Morgan fingerprint density at radius 3 is 2.82 bits per heavy atom. The van der Waals surface area contributed by atoms with E-state index in [0.29, 0.717) is 0 Å². The molecule has 0 aliphatic carbocycles. The van der Waals surface area contributed by atoms with Gasteiger partial charge in [0.05, 0.1) is 5.69 Å². The van der Waals surface area contributed by atoms with Crippen LogP contribution in [0.2, 0.25) is 0 Å². The summed E-state index contributed by atoms with van der Waals surface area (Å²) in [6.45, 7) is 1.40. The Morgan fingerprint density at radius 2 is 2.29 bits per heavy atom. The molecule has 0 aromatic heterocycles. The van der Waals surface area contributed by atoms with Crippen molar-refractivity contribution in [3.05, 3.63) is 23.5 Å². The summed E-state index contributed by atoms with van der Waals surface area (Å²) in [6.07, 6.45) is 0. The average molecular weight is 235 g/mol. The molecule has 6 nitrogen and oxygen atoms in total. The zero-order valence-electron chi connectivity index (χ0n) is 8.95. The van der Waals surface area contributed by atoms with Gasteiger partial charge in [0.2, 0.25) is 5.71 Å². The van der Waals surface area contributed by atoms with E-state index in [9.17, 15) is 9.50 Å². The Morgan fingerprint density at radius 1 is 1.65 bits per heavy atom. The summed E-state index contributed by atoms with van der Waals surface area (Å²) >= 11 is 0. The van der Waals surface area contributed by atoms with Crippen molar-refractivity contribution in [2.45, 2.75) is 6.92 Å². The van der Waals surface area contributed by atoms with Crippen LogP contribution in [0.5, 0.6) is 5.75 Å². The van der Waals surface area contributed by atoms with Crippen LogP contribution in [0, 0.1) is 29.5 Å². The molecule has 1 aromatic rings. The molecule has 0 fully saturated rings. The number of aromatic hydroxyl groups is 1. The van der Waals surface area contributed by atoms with Crippen molar-refractivity contribution in [2.24, 2.45) is 10.8 Å². The lowest BCUT2D eigenvalue weighted by molar-refractivity contribution is 0.465. The Kier molecular flexibility index (Phi) is 3.62. The minimum absolute atomic E-state index is 0.0616. The number of hydrazone groups is 1. The number of nitrogens with two attached hydrogens (primary N) is 1. The number of phenolic OH excluding ortho intramolecular Hbond substituents is 1. The minimum Gasteiger partial charge on any atom is -0.505 e. The van der Waals surface area contributed by atoms with Crippen LogP contribution in [0.1, 0.15) is 5.56 Å². The molecule has 1 rings (SSSR count). The average Bonchev–Trinajstić information content (AvgIpc) is 2.29. The van der Waals surface area contributed by atoms with E-state index in [0.717, 1.165) is 6.07 Å². The number of hydrogen-bond acceptors (Lipinski definition) is 5. The van der Waals surface area contributed by atoms with Crippen LogP contribution >= 0.6 is 0 Å². The number of halogens is 1. The van der Waals surface area contributed by atoms with Crippen molar-refractivity contribution in [2.75, 3.05) is 5.43 Å². The van der Waals surface area contributed by atoms with E-state index in [1.165, 1.54) is 13.0 Å². The van der Waals surface area contributed by atoms with Gasteiger partial charge in [-0.25, -0.2) is 4.39 Å². The highest BCUT2D eigenvalue weighted by Crippen LogP contribution is 2.28. The van der Waals surface area contributed by atoms with E-state index in [-0.39, 0.29) is 22.7 Å². The maximum absolute atomic E-state index is 13.0. The monoisotopic (exact) mass is 235 g/mol. The van der Waals surface area contributed by atoms with Gasteiger partial charge in [-0.2, -0.15) is 10.4 Å². The van der Waals surface area contributed by atoms with E-state index in [1.807, 2.05) is 0 Å². The van der Waals surface area contributed by atoms with E-state index in [1.54, 1.807) is 6.07 Å². The van der Waals surface area contributed by atoms with E-state index in [2.05, 4.69) is 10.5 Å². The van der Waals surface area contributed by atoms with Crippen LogP contribution in [0.15, 0.2) is 17.2 Å². The van der Waals surface area contributed by atoms with Crippen LogP contribution < -0.4 is 11.2 Å². The van der Waals surface area contributed by atoms with Crippen molar-refractivity contribution in [1.29, 1.82) is 10.7 Å². The number of phenols is 1. The molecule has 1 aromatic carbocycles. The smallest absolute Gasteiger partial charge is 0.201 e. The summed E-state index contributed by atoms with van der Waals surface area (Å²) < 4.78 is 13.0. The molecule has 0 aliphatic heterocycles. The number of rotatable bonds is 3. The van der Waals surface area contributed by atoms with Gasteiger partial charge in [-0.3, -0.25) is 10.8 Å². The highest BCUT2D eigenvalue weighted by Gasteiger charge is 2.08. The summed E-state index contributed by atoms with van der Waals surface area (Å²) in [5.41, 5.74) is 7.27. The molecular formula is C10H10FN5O. The molecule has 0 bridgehead atoms. The number of nitriles is 1. The van der Waals surface area contributed by atoms with Crippen LogP contribution in [0.3, 0.4) is 0 Å². The van der Waals surface area contributed by atoms with Crippen LogP contribution in [0.25, 0.3) is 0 Å². The molecule has 0 amide bonds. The molecule has 0 aliphatic rings. The van der Waals surface area contributed by atoms with Gasteiger partial charge < -0.3 is 10.8 Å². The lowest BCUT2D eigenvalue weighted by Crippen LogP contribution is -2.21. The van der Waals surface area contributed by atoms with Crippen molar-refractivity contribution in [3.63, 3.8) is 0 Å². The van der Waals surface area contributed by atoms with Crippen molar-refractivity contribution in [1.82, 2.24) is 0 Å². The predicted molar refractivity (Wildman–Crippen MR) is 61.4 cm³/mol. The van der Waals surface area contributed by atoms with Crippen molar-refractivity contribution >= 4 is 17.2 Å². The number of hydrogen-bond donors (Lipinski definition) is 4. The number of benzene rings is 1. The summed E-state index contributed by atoms with van der Waals surface area (Å²) in [4.78, 5) is 0. The quantitative estimate of drug-likeness (QED) is 0.271. The van der Waals surface area contributed by atoms with Crippen molar-refractivity contribution in [3.8, 4) is 11.8 Å². The zero-order chi connectivity index (χ0) is 13.0. The molecule has 0 heterocycles. The van der Waals surface area contributed by atoms with Gasteiger partial charge in [0.25, 0.3) is 0 Å². The number of nitrogens with one attached hydrogen (secondary N) is 2. The topological polar surface area (TPSA) is 118 Å². The zero-order valence-corrected chi connectivity index (χ0v) is 8.95. The van der Waals surface area contributed by atoms with Crippen LogP contribution in [-0.2, 0) is 0 Å². The number of anilines is 1. The van der Waals surface area contributed by atoms with Crippen LogP contribution in [-0.4, -0.2) is 16.7 Å². The third-order valence-corrected chi connectivity index (χ3v) is 2.01. The fourth-order valence-electron chi connectivity index (χ4n) is 1.03. The standard InChI is InChI=1S/C10H10FN5O/c1-5-6(11)2-3-7(9(5)17)15-16-8(4-12)10(13)14/h2-3,15,17H,1H3,(H3,13,14)/b16-8+. The van der Waals surface area contributed by atoms with Gasteiger partial charge in [0, 0.05) is 5.56 Å². The lowest BCUT2D eigenvalue weighted by Gasteiger charge is -2.07. The van der Waals surface area contributed by atoms with Gasteiger partial charge in [-0.15, -0.1) is 0 Å². The molecule has 0 radical (unpaired) electrons. The fraction of sp³-hybridized carbons (Fsp3) is 0.100. The molecule has 0 atom stereocenters. The van der Waals surface area contributed by atoms with Gasteiger partial charge in [0.15, 0.2) is 5.84 Å². The summed E-state index contributed by atoms with van der Waals surface area (Å²) in [5.74, 6) is -1.36. The first-order valence-corrected chi connectivity index (χ1v) is 4.53. The Labute approximate surface area is 96.7 Å². The molecule has 5 N–H and O–H groups in total.